The Kier molecular flexibility index (Phi) is 2.96. The Morgan fingerprint density at radius 2 is 2.46 bits per heavy atom. The van der Waals surface area contributed by atoms with Gasteiger partial charge >= 0.3 is 0 Å². The molecule has 1 atom stereocenters. The monoisotopic (exact) mass is 240 g/mol. The molecule has 2 rings (SSSR count). The lowest BCUT2D eigenvalue weighted by molar-refractivity contribution is 0.594. The van der Waals surface area contributed by atoms with Crippen LogP contribution in [0, 0.1) is 0 Å². The van der Waals surface area contributed by atoms with E-state index in [0.717, 1.165) is 11.0 Å². The average Bonchev–Trinajstić information content (AvgIpc) is 2.57. The van der Waals surface area contributed by atoms with Crippen LogP contribution in [0.4, 0.5) is 0 Å². The molecule has 1 unspecified atom stereocenters. The highest BCUT2D eigenvalue weighted by atomic mass is 79.9. The van der Waals surface area contributed by atoms with Crippen molar-refractivity contribution in [2.75, 3.05) is 6.54 Å². The first-order valence-electron chi connectivity index (χ1n) is 4.69. The van der Waals surface area contributed by atoms with Crippen molar-refractivity contribution in [2.24, 2.45) is 0 Å². The van der Waals surface area contributed by atoms with Gasteiger partial charge in [0.1, 0.15) is 4.60 Å². The Hall–Kier alpha value is -0.410. The van der Waals surface area contributed by atoms with E-state index in [0.29, 0.717) is 6.04 Å². The second kappa shape index (κ2) is 4.20. The van der Waals surface area contributed by atoms with Gasteiger partial charge in [0, 0.05) is 18.2 Å². The summed E-state index contributed by atoms with van der Waals surface area (Å²) >= 11 is 3.38. The lowest BCUT2D eigenvalue weighted by Gasteiger charge is -2.08. The van der Waals surface area contributed by atoms with E-state index in [9.17, 15) is 0 Å². The highest BCUT2D eigenvalue weighted by molar-refractivity contribution is 9.10. The van der Waals surface area contributed by atoms with Gasteiger partial charge in [0.2, 0.25) is 0 Å². The van der Waals surface area contributed by atoms with E-state index in [1.807, 2.05) is 12.1 Å². The van der Waals surface area contributed by atoms with Gasteiger partial charge in [0.05, 0.1) is 0 Å². The molecule has 1 aliphatic heterocycles. The molecule has 0 bridgehead atoms. The van der Waals surface area contributed by atoms with Crippen LogP contribution in [0.15, 0.2) is 22.8 Å². The van der Waals surface area contributed by atoms with Gasteiger partial charge in [-0.2, -0.15) is 0 Å². The Labute approximate surface area is 86.9 Å². The van der Waals surface area contributed by atoms with Gasteiger partial charge in [0.15, 0.2) is 0 Å². The van der Waals surface area contributed by atoms with Crippen LogP contribution in [0.5, 0.6) is 0 Å². The van der Waals surface area contributed by atoms with Crippen LogP contribution in [0.2, 0.25) is 0 Å². The van der Waals surface area contributed by atoms with Crippen LogP contribution in [0.1, 0.15) is 18.5 Å². The van der Waals surface area contributed by atoms with Crippen molar-refractivity contribution in [1.82, 2.24) is 10.3 Å². The fourth-order valence-electron chi connectivity index (χ4n) is 1.75. The normalized spacial score (nSPS) is 22.1. The maximum atomic E-state index is 4.41. The highest BCUT2D eigenvalue weighted by Crippen LogP contribution is 2.12. The number of halogens is 1. The molecular formula is C10H13BrN2. The molecule has 0 amide bonds. The van der Waals surface area contributed by atoms with Crippen molar-refractivity contribution in [3.05, 3.63) is 28.5 Å². The average molecular weight is 241 g/mol. The third-order valence-electron chi connectivity index (χ3n) is 2.39. The summed E-state index contributed by atoms with van der Waals surface area (Å²) in [4.78, 5) is 4.41. The molecule has 3 heteroatoms. The fourth-order valence-corrected chi connectivity index (χ4v) is 2.13. The van der Waals surface area contributed by atoms with Gasteiger partial charge in [-0.1, -0.05) is 6.07 Å². The first-order chi connectivity index (χ1) is 6.34. The van der Waals surface area contributed by atoms with Crippen molar-refractivity contribution in [3.63, 3.8) is 0 Å². The zero-order valence-corrected chi connectivity index (χ0v) is 9.05. The van der Waals surface area contributed by atoms with Crippen molar-refractivity contribution >= 4 is 15.9 Å². The summed E-state index contributed by atoms with van der Waals surface area (Å²) in [7, 11) is 0. The third-order valence-corrected chi connectivity index (χ3v) is 2.83. The van der Waals surface area contributed by atoms with Gasteiger partial charge in [0.25, 0.3) is 0 Å². The second-order valence-electron chi connectivity index (χ2n) is 3.45. The van der Waals surface area contributed by atoms with E-state index in [-0.39, 0.29) is 0 Å². The molecule has 13 heavy (non-hydrogen) atoms. The quantitative estimate of drug-likeness (QED) is 0.802. The van der Waals surface area contributed by atoms with Crippen molar-refractivity contribution in [1.29, 1.82) is 0 Å². The Morgan fingerprint density at radius 1 is 1.54 bits per heavy atom. The van der Waals surface area contributed by atoms with Crippen LogP contribution < -0.4 is 5.32 Å². The summed E-state index contributed by atoms with van der Waals surface area (Å²) in [6, 6.07) is 6.74. The van der Waals surface area contributed by atoms with Crippen molar-refractivity contribution in [3.8, 4) is 0 Å². The molecule has 0 radical (unpaired) electrons. The summed E-state index contributed by atoms with van der Waals surface area (Å²) in [6.45, 7) is 1.17. The molecule has 1 aromatic rings. The number of nitrogens with zero attached hydrogens (tertiary/aromatic N) is 1. The zero-order valence-electron chi connectivity index (χ0n) is 7.46. The van der Waals surface area contributed by atoms with Crippen molar-refractivity contribution < 1.29 is 0 Å². The van der Waals surface area contributed by atoms with Crippen LogP contribution in [0.3, 0.4) is 0 Å². The molecule has 1 aliphatic rings. The molecular weight excluding hydrogens is 228 g/mol. The van der Waals surface area contributed by atoms with Crippen LogP contribution in [-0.4, -0.2) is 17.6 Å². The largest absolute Gasteiger partial charge is 0.314 e. The third kappa shape index (κ3) is 2.51. The van der Waals surface area contributed by atoms with E-state index >= 15 is 0 Å². The Bertz CT molecular complexity index is 282. The van der Waals surface area contributed by atoms with E-state index in [1.165, 1.54) is 25.1 Å². The van der Waals surface area contributed by atoms with E-state index < -0.39 is 0 Å². The lowest BCUT2D eigenvalue weighted by Crippen LogP contribution is -2.24. The standard InChI is InChI=1S/C10H13BrN2/c11-10-5-1-3-9(13-10)7-8-4-2-6-12-8/h1,3,5,8,12H,2,4,6-7H2. The molecule has 1 N–H and O–H groups in total. The van der Waals surface area contributed by atoms with Gasteiger partial charge in [-0.25, -0.2) is 4.98 Å². The maximum absolute atomic E-state index is 4.41. The molecule has 2 nitrogen and oxygen atoms in total. The summed E-state index contributed by atoms with van der Waals surface area (Å²) in [6.07, 6.45) is 3.65. The molecule has 0 aliphatic carbocycles. The molecule has 1 aromatic heterocycles. The van der Waals surface area contributed by atoms with Crippen LogP contribution >= 0.6 is 15.9 Å². The lowest BCUT2D eigenvalue weighted by atomic mass is 10.1. The van der Waals surface area contributed by atoms with E-state index in [4.69, 9.17) is 0 Å². The Morgan fingerprint density at radius 3 is 3.15 bits per heavy atom. The number of nitrogens with one attached hydrogen (secondary N) is 1. The first kappa shape index (κ1) is 9.16. The smallest absolute Gasteiger partial charge is 0.106 e. The number of hydrogen-bond acceptors (Lipinski definition) is 2. The van der Waals surface area contributed by atoms with Crippen LogP contribution in [0.25, 0.3) is 0 Å². The van der Waals surface area contributed by atoms with E-state index in [2.05, 4.69) is 32.3 Å². The summed E-state index contributed by atoms with van der Waals surface area (Å²) in [5.74, 6) is 0. The number of pyridine rings is 1. The minimum Gasteiger partial charge on any atom is -0.314 e. The van der Waals surface area contributed by atoms with Gasteiger partial charge in [-0.15, -0.1) is 0 Å². The molecule has 2 heterocycles. The number of aromatic nitrogens is 1. The predicted octanol–water partition coefficient (Wildman–Crippen LogP) is 2.14. The summed E-state index contributed by atoms with van der Waals surface area (Å²) in [5.41, 5.74) is 1.17. The fraction of sp³-hybridized carbons (Fsp3) is 0.500. The number of hydrogen-bond donors (Lipinski definition) is 1. The van der Waals surface area contributed by atoms with Gasteiger partial charge in [-0.3, -0.25) is 0 Å². The van der Waals surface area contributed by atoms with E-state index in [1.54, 1.807) is 0 Å². The Balaban J connectivity index is 2.00. The second-order valence-corrected chi connectivity index (χ2v) is 4.26. The van der Waals surface area contributed by atoms with Crippen molar-refractivity contribution in [2.45, 2.75) is 25.3 Å². The first-order valence-corrected chi connectivity index (χ1v) is 5.49. The molecule has 1 saturated heterocycles. The molecule has 1 fully saturated rings. The minimum absolute atomic E-state index is 0.641. The minimum atomic E-state index is 0.641. The molecule has 0 spiro atoms. The molecule has 0 saturated carbocycles. The maximum Gasteiger partial charge on any atom is 0.106 e. The number of rotatable bonds is 2. The predicted molar refractivity (Wildman–Crippen MR) is 56.7 cm³/mol. The summed E-state index contributed by atoms with van der Waals surface area (Å²) < 4.78 is 0.933. The van der Waals surface area contributed by atoms with Gasteiger partial charge in [-0.05, 0) is 47.4 Å². The summed E-state index contributed by atoms with van der Waals surface area (Å²) in [5, 5.41) is 3.47. The molecule has 70 valence electrons. The van der Waals surface area contributed by atoms with Crippen LogP contribution in [-0.2, 0) is 6.42 Å². The van der Waals surface area contributed by atoms with Gasteiger partial charge < -0.3 is 5.32 Å². The highest BCUT2D eigenvalue weighted by Gasteiger charge is 2.14. The SMILES string of the molecule is Brc1cccc(CC2CCCN2)n1. The molecule has 0 aromatic carbocycles. The topological polar surface area (TPSA) is 24.9 Å². The zero-order chi connectivity index (χ0) is 9.10.